The molecule has 0 aromatic rings. The van der Waals surface area contributed by atoms with E-state index in [1.807, 2.05) is 0 Å². The Morgan fingerprint density at radius 1 is 1.70 bits per heavy atom. The highest BCUT2D eigenvalue weighted by atomic mass is 32.1. The highest BCUT2D eigenvalue weighted by Crippen LogP contribution is 2.20. The van der Waals surface area contributed by atoms with Crippen molar-refractivity contribution >= 4 is 17.1 Å². The Labute approximate surface area is 65.2 Å². The van der Waals surface area contributed by atoms with E-state index in [1.165, 1.54) is 6.92 Å². The van der Waals surface area contributed by atoms with E-state index in [4.69, 9.17) is 17.4 Å². The van der Waals surface area contributed by atoms with Crippen LogP contribution in [0.2, 0.25) is 0 Å². The van der Waals surface area contributed by atoms with Crippen molar-refractivity contribution < 1.29 is 10.3 Å². The maximum atomic E-state index is 9.45. The summed E-state index contributed by atoms with van der Waals surface area (Å²) in [5, 5.41) is 19.4. The quantitative estimate of drug-likeness (QED) is 0.509. The number of hydrogen-bond donors (Lipinski definition) is 2. The summed E-state index contributed by atoms with van der Waals surface area (Å²) in [4.78, 5) is 0.515. The molecule has 3 nitrogen and oxygen atoms in total. The van der Waals surface area contributed by atoms with Crippen LogP contribution in [0.3, 0.4) is 0 Å². The molecule has 1 heterocycles. The van der Waals surface area contributed by atoms with Crippen LogP contribution in [-0.2, 0) is 0 Å². The lowest BCUT2D eigenvalue weighted by Gasteiger charge is -2.36. The molecule has 0 aromatic heterocycles. The molecule has 0 spiro atoms. The normalized spacial score (nSPS) is 36.5. The Morgan fingerprint density at radius 3 is 2.70 bits per heavy atom. The summed E-state index contributed by atoms with van der Waals surface area (Å²) in [5.74, 6) is 0. The van der Waals surface area contributed by atoms with Crippen LogP contribution in [0.1, 0.15) is 19.8 Å². The minimum atomic E-state index is -1.28. The van der Waals surface area contributed by atoms with Gasteiger partial charge in [-0.15, -0.1) is 0 Å². The number of aliphatic hydroxyl groups is 1. The molecular weight excluding hydrogens is 150 g/mol. The first-order valence-electron chi connectivity index (χ1n) is 3.27. The topological polar surface area (TPSA) is 43.7 Å². The van der Waals surface area contributed by atoms with Gasteiger partial charge in [-0.25, -0.2) is 0 Å². The van der Waals surface area contributed by atoms with E-state index < -0.39 is 5.72 Å². The van der Waals surface area contributed by atoms with E-state index in [0.29, 0.717) is 11.4 Å². The lowest BCUT2D eigenvalue weighted by molar-refractivity contribution is -0.225. The Morgan fingerprint density at radius 2 is 2.30 bits per heavy atom. The van der Waals surface area contributed by atoms with Gasteiger partial charge in [0.1, 0.15) is 0 Å². The van der Waals surface area contributed by atoms with Crippen molar-refractivity contribution in [2.24, 2.45) is 0 Å². The molecule has 0 bridgehead atoms. The van der Waals surface area contributed by atoms with Gasteiger partial charge in [0.05, 0.1) is 0 Å². The number of piperidine rings is 1. The molecule has 0 aliphatic carbocycles. The first-order valence-corrected chi connectivity index (χ1v) is 3.68. The van der Waals surface area contributed by atoms with Gasteiger partial charge in [0.15, 0.2) is 5.72 Å². The molecule has 10 heavy (non-hydrogen) atoms. The third-order valence-electron chi connectivity index (χ3n) is 1.80. The Hall–Kier alpha value is -0.0300. The first kappa shape index (κ1) is 8.07. The largest absolute Gasteiger partial charge is 0.369 e. The van der Waals surface area contributed by atoms with E-state index in [0.717, 1.165) is 17.9 Å². The van der Waals surface area contributed by atoms with Gasteiger partial charge in [-0.2, -0.15) is 5.06 Å². The lowest BCUT2D eigenvalue weighted by atomic mass is 10.0. The van der Waals surface area contributed by atoms with Crippen LogP contribution in [0.5, 0.6) is 0 Å². The van der Waals surface area contributed by atoms with Crippen molar-refractivity contribution in [1.82, 2.24) is 5.06 Å². The summed E-state index contributed by atoms with van der Waals surface area (Å²) in [5.41, 5.74) is -1.28. The first-order chi connectivity index (χ1) is 4.55. The second-order valence-corrected chi connectivity index (χ2v) is 3.16. The van der Waals surface area contributed by atoms with E-state index in [9.17, 15) is 5.11 Å². The Balaban J connectivity index is 2.73. The van der Waals surface area contributed by atoms with Crippen LogP contribution in [0.15, 0.2) is 0 Å². The lowest BCUT2D eigenvalue weighted by Crippen LogP contribution is -2.53. The molecule has 1 saturated heterocycles. The minimum absolute atomic E-state index is 0.493. The van der Waals surface area contributed by atoms with E-state index in [2.05, 4.69) is 0 Å². The number of rotatable bonds is 0. The van der Waals surface area contributed by atoms with E-state index in [-0.39, 0.29) is 0 Å². The summed E-state index contributed by atoms with van der Waals surface area (Å²) in [6.45, 7) is 2.00. The van der Waals surface area contributed by atoms with E-state index >= 15 is 0 Å². The number of nitrogens with zero attached hydrogens (tertiary/aromatic N) is 1. The second-order valence-electron chi connectivity index (χ2n) is 2.67. The third-order valence-corrected chi connectivity index (χ3v) is 2.40. The van der Waals surface area contributed by atoms with Crippen molar-refractivity contribution in [1.29, 1.82) is 0 Å². The Kier molecular flexibility index (Phi) is 2.05. The highest BCUT2D eigenvalue weighted by Gasteiger charge is 2.35. The van der Waals surface area contributed by atoms with Gasteiger partial charge in [-0.1, -0.05) is 12.2 Å². The SMILES string of the molecule is CC1(O)C(=S)CCCN1O. The third kappa shape index (κ3) is 1.20. The molecule has 0 amide bonds. The van der Waals surface area contributed by atoms with Crippen molar-refractivity contribution in [3.8, 4) is 0 Å². The molecule has 1 fully saturated rings. The maximum absolute atomic E-state index is 9.45. The maximum Gasteiger partial charge on any atom is 0.169 e. The average Bonchev–Trinajstić information content (AvgIpc) is 1.84. The number of hydrogen-bond acceptors (Lipinski definition) is 4. The van der Waals surface area contributed by atoms with Crippen LogP contribution in [0.25, 0.3) is 0 Å². The molecule has 1 rings (SSSR count). The van der Waals surface area contributed by atoms with Gasteiger partial charge in [-0.3, -0.25) is 0 Å². The van der Waals surface area contributed by atoms with Crippen LogP contribution >= 0.6 is 12.2 Å². The van der Waals surface area contributed by atoms with Crippen molar-refractivity contribution in [3.63, 3.8) is 0 Å². The fraction of sp³-hybridized carbons (Fsp3) is 0.833. The smallest absolute Gasteiger partial charge is 0.169 e. The van der Waals surface area contributed by atoms with Gasteiger partial charge in [-0.05, 0) is 19.8 Å². The van der Waals surface area contributed by atoms with Crippen molar-refractivity contribution in [2.75, 3.05) is 6.54 Å². The summed E-state index contributed by atoms with van der Waals surface area (Å²) in [6.07, 6.45) is 1.55. The summed E-state index contributed by atoms with van der Waals surface area (Å²) in [6, 6.07) is 0. The molecule has 1 aliphatic heterocycles. The predicted octanol–water partition coefficient (Wildman–Crippen LogP) is 0.550. The van der Waals surface area contributed by atoms with Crippen molar-refractivity contribution in [2.45, 2.75) is 25.5 Å². The standard InChI is InChI=1S/C6H11NO2S/c1-6(8)5(10)3-2-4-7(6)9/h8-9H,2-4H2,1H3. The molecule has 1 unspecified atom stereocenters. The zero-order chi connectivity index (χ0) is 7.78. The number of hydroxylamine groups is 2. The Bertz CT molecular complexity index is 158. The fourth-order valence-electron chi connectivity index (χ4n) is 0.988. The highest BCUT2D eigenvalue weighted by molar-refractivity contribution is 7.80. The van der Waals surface area contributed by atoms with Gasteiger partial charge >= 0.3 is 0 Å². The van der Waals surface area contributed by atoms with Crippen molar-refractivity contribution in [3.05, 3.63) is 0 Å². The molecule has 0 aromatic carbocycles. The molecule has 1 aliphatic rings. The molecule has 4 heteroatoms. The molecule has 0 radical (unpaired) electrons. The fourth-order valence-corrected chi connectivity index (χ4v) is 1.24. The zero-order valence-electron chi connectivity index (χ0n) is 5.87. The molecule has 1 atom stereocenters. The van der Waals surface area contributed by atoms with Crippen LogP contribution in [0, 0.1) is 0 Å². The molecule has 0 saturated carbocycles. The molecular formula is C6H11NO2S. The average molecular weight is 161 g/mol. The van der Waals surface area contributed by atoms with Gasteiger partial charge in [0.25, 0.3) is 0 Å². The predicted molar refractivity (Wildman–Crippen MR) is 40.9 cm³/mol. The molecule has 58 valence electrons. The van der Waals surface area contributed by atoms with Crippen LogP contribution < -0.4 is 0 Å². The van der Waals surface area contributed by atoms with E-state index in [1.54, 1.807) is 0 Å². The van der Waals surface area contributed by atoms with Crippen LogP contribution in [0.4, 0.5) is 0 Å². The van der Waals surface area contributed by atoms with Gasteiger partial charge in [0.2, 0.25) is 0 Å². The minimum Gasteiger partial charge on any atom is -0.369 e. The summed E-state index contributed by atoms with van der Waals surface area (Å²) >= 11 is 4.87. The summed E-state index contributed by atoms with van der Waals surface area (Å²) < 4.78 is 0. The monoisotopic (exact) mass is 161 g/mol. The van der Waals surface area contributed by atoms with Gasteiger partial charge in [0, 0.05) is 11.4 Å². The van der Waals surface area contributed by atoms with Gasteiger partial charge < -0.3 is 10.3 Å². The molecule has 2 N–H and O–H groups in total. The number of thiocarbonyl (C=S) groups is 1. The second kappa shape index (κ2) is 2.54. The van der Waals surface area contributed by atoms with Crippen LogP contribution in [-0.4, -0.2) is 32.5 Å². The summed E-state index contributed by atoms with van der Waals surface area (Å²) in [7, 11) is 0. The zero-order valence-corrected chi connectivity index (χ0v) is 6.69.